The van der Waals surface area contributed by atoms with Crippen LogP contribution in [-0.2, 0) is 0 Å². The molecule has 0 spiro atoms. The topological polar surface area (TPSA) is 221 Å². The first-order valence-corrected chi connectivity index (χ1v) is 22.2. The van der Waals surface area contributed by atoms with Crippen molar-refractivity contribution in [2.75, 3.05) is 0 Å². The van der Waals surface area contributed by atoms with E-state index < -0.39 is 47.7 Å². The molecule has 12 heteroatoms. The molecule has 8 aromatic carbocycles. The normalized spacial score (nSPS) is 22.6. The molecule has 2 aliphatic heterocycles. The molecule has 0 amide bonds. The van der Waals surface area contributed by atoms with Crippen molar-refractivity contribution in [1.82, 2.24) is 0 Å². The number of hydrogen-bond donors (Lipinski definition) is 10. The first kappa shape index (κ1) is 40.8. The maximum absolute atomic E-state index is 12.6. The molecule has 2 aliphatic carbocycles. The Labute approximate surface area is 388 Å². The summed E-state index contributed by atoms with van der Waals surface area (Å²) in [5.41, 5.74) is 7.62. The number of ether oxygens (including phenoxy) is 2. The zero-order chi connectivity index (χ0) is 46.9. The van der Waals surface area contributed by atoms with Gasteiger partial charge >= 0.3 is 0 Å². The summed E-state index contributed by atoms with van der Waals surface area (Å²) in [6.45, 7) is 0. The van der Waals surface area contributed by atoms with Gasteiger partial charge in [0.25, 0.3) is 0 Å². The molecule has 0 saturated heterocycles. The lowest BCUT2D eigenvalue weighted by Crippen LogP contribution is -2.15. The molecule has 8 atom stereocenters. The molecule has 0 fully saturated rings. The van der Waals surface area contributed by atoms with E-state index in [1.807, 2.05) is 0 Å². The standard InChI is InChI=1S/C56H42O12/c57-31-9-1-25(2-10-31)43-47-39(65)23-41-49(45(29-17-35(61)21-36(62)18-29)55(67-41)27-5-13-33(59)14-6-27)53(47)52-44(26-3-11-32(58)12-4-26)48-40(66)24-42-50(54(48)51(43)52)46(30-19-37(63)22-38(64)20-30)56(68-42)28-7-15-34(60)16-8-28/h1-24,43-46,51-52,55-66H/t43-,44-,45+,46+,51+,52+,55-,56-/m1/s1. The van der Waals surface area contributed by atoms with E-state index in [1.165, 1.54) is 12.1 Å². The molecule has 0 bridgehead atoms. The fourth-order valence-corrected chi connectivity index (χ4v) is 12.0. The summed E-state index contributed by atoms with van der Waals surface area (Å²) in [7, 11) is 0. The second kappa shape index (κ2) is 14.9. The minimum Gasteiger partial charge on any atom is -0.508 e. The Bertz CT molecular complexity index is 3070. The Morgan fingerprint density at radius 2 is 0.544 bits per heavy atom. The van der Waals surface area contributed by atoms with E-state index in [2.05, 4.69) is 0 Å². The molecule has 68 heavy (non-hydrogen) atoms. The van der Waals surface area contributed by atoms with Gasteiger partial charge < -0.3 is 60.5 Å². The molecular formula is C56H42O12. The number of phenols is 10. The number of aromatic hydroxyl groups is 10. The van der Waals surface area contributed by atoms with Crippen molar-refractivity contribution in [2.45, 2.75) is 47.7 Å². The van der Waals surface area contributed by atoms with Crippen LogP contribution in [0.5, 0.6) is 69.0 Å². The zero-order valence-electron chi connectivity index (χ0n) is 35.8. The number of benzene rings is 8. The van der Waals surface area contributed by atoms with E-state index in [0.717, 1.165) is 11.1 Å². The number of fused-ring (bicyclic) bond motifs is 9. The van der Waals surface area contributed by atoms with Crippen molar-refractivity contribution in [3.05, 3.63) is 212 Å². The van der Waals surface area contributed by atoms with Gasteiger partial charge in [-0.25, -0.2) is 0 Å². The van der Waals surface area contributed by atoms with Crippen molar-refractivity contribution in [2.24, 2.45) is 0 Å². The molecule has 8 aromatic rings. The van der Waals surface area contributed by atoms with E-state index in [9.17, 15) is 51.1 Å². The average molecular weight is 907 g/mol. The predicted molar refractivity (Wildman–Crippen MR) is 248 cm³/mol. The van der Waals surface area contributed by atoms with E-state index in [-0.39, 0.29) is 57.5 Å². The molecule has 12 nitrogen and oxygen atoms in total. The summed E-state index contributed by atoms with van der Waals surface area (Å²) in [5.74, 6) is -4.13. The largest absolute Gasteiger partial charge is 0.508 e. The monoisotopic (exact) mass is 906 g/mol. The van der Waals surface area contributed by atoms with Crippen LogP contribution in [-0.4, -0.2) is 51.1 Å². The first-order valence-electron chi connectivity index (χ1n) is 22.2. The second-order valence-corrected chi connectivity index (χ2v) is 18.2. The highest BCUT2D eigenvalue weighted by Gasteiger charge is 2.59. The second-order valence-electron chi connectivity index (χ2n) is 18.2. The third-order valence-electron chi connectivity index (χ3n) is 14.4. The first-order chi connectivity index (χ1) is 32.8. The summed E-state index contributed by atoms with van der Waals surface area (Å²) < 4.78 is 13.8. The van der Waals surface area contributed by atoms with E-state index in [1.54, 1.807) is 133 Å². The highest BCUT2D eigenvalue weighted by Crippen LogP contribution is 2.74. The molecule has 0 unspecified atom stereocenters. The lowest BCUT2D eigenvalue weighted by Gasteiger charge is -2.27. The van der Waals surface area contributed by atoms with E-state index >= 15 is 0 Å². The maximum atomic E-state index is 12.6. The Kier molecular flexibility index (Phi) is 8.97. The predicted octanol–water partition coefficient (Wildman–Crippen LogP) is 10.4. The summed E-state index contributed by atoms with van der Waals surface area (Å²) >= 11 is 0. The van der Waals surface area contributed by atoms with Crippen molar-refractivity contribution in [3.8, 4) is 69.0 Å². The average Bonchev–Trinajstić information content (AvgIpc) is 4.05. The highest BCUT2D eigenvalue weighted by atomic mass is 16.5. The van der Waals surface area contributed by atoms with Crippen LogP contribution in [0.3, 0.4) is 0 Å². The van der Waals surface area contributed by atoms with Crippen LogP contribution in [0, 0.1) is 0 Å². The van der Waals surface area contributed by atoms with Crippen LogP contribution >= 0.6 is 0 Å². The molecule has 12 rings (SSSR count). The Morgan fingerprint density at radius 1 is 0.250 bits per heavy atom. The van der Waals surface area contributed by atoms with Gasteiger partial charge in [-0.05, 0) is 117 Å². The fourth-order valence-electron chi connectivity index (χ4n) is 12.0. The molecule has 10 N–H and O–H groups in total. The van der Waals surface area contributed by atoms with Crippen molar-refractivity contribution in [3.63, 3.8) is 0 Å². The third kappa shape index (κ3) is 6.20. The summed E-state index contributed by atoms with van der Waals surface area (Å²) in [4.78, 5) is 0. The molecule has 0 aromatic heterocycles. The van der Waals surface area contributed by atoms with Gasteiger partial charge in [0.1, 0.15) is 81.2 Å². The van der Waals surface area contributed by atoms with Crippen molar-refractivity contribution >= 4 is 0 Å². The van der Waals surface area contributed by atoms with Crippen LogP contribution < -0.4 is 9.47 Å². The smallest absolute Gasteiger partial charge is 0.135 e. The third-order valence-corrected chi connectivity index (χ3v) is 14.4. The SMILES string of the molecule is Oc1ccc([C@@H]2c3c(O)cc4c(c3[C@H]3[C@H](c5ccc(O)cc5)c5c(O)cc6c(c5[C@@H]23)[C@H](c2cc(O)cc(O)c2)[C@@H](c2ccc(O)cc2)O6)[C@H](c2cc(O)cc(O)c2)[C@@H](c2ccc(O)cc2)O4)cc1. The number of hydrogen-bond acceptors (Lipinski definition) is 12. The minimum atomic E-state index is -0.792. The quantitative estimate of drug-likeness (QED) is 0.0753. The van der Waals surface area contributed by atoms with Crippen LogP contribution in [0.25, 0.3) is 0 Å². The lowest BCUT2D eigenvalue weighted by atomic mass is 9.74. The summed E-state index contributed by atoms with van der Waals surface area (Å²) in [6.07, 6.45) is -1.58. The van der Waals surface area contributed by atoms with Crippen LogP contribution in [0.1, 0.15) is 114 Å². The zero-order valence-corrected chi connectivity index (χ0v) is 35.8. The van der Waals surface area contributed by atoms with Gasteiger partial charge in [0, 0.05) is 70.2 Å². The van der Waals surface area contributed by atoms with Crippen LogP contribution in [0.4, 0.5) is 0 Å². The number of rotatable bonds is 6. The van der Waals surface area contributed by atoms with Crippen LogP contribution in [0.15, 0.2) is 146 Å². The Balaban J connectivity index is 1.19. The van der Waals surface area contributed by atoms with Gasteiger partial charge in [0.2, 0.25) is 0 Å². The van der Waals surface area contributed by atoms with Gasteiger partial charge in [0.15, 0.2) is 0 Å². The van der Waals surface area contributed by atoms with Crippen molar-refractivity contribution < 1.29 is 60.5 Å². The van der Waals surface area contributed by atoms with Gasteiger partial charge in [0.05, 0.1) is 11.8 Å². The summed E-state index contributed by atoms with van der Waals surface area (Å²) in [6, 6.07) is 38.6. The maximum Gasteiger partial charge on any atom is 0.135 e. The Hall–Kier alpha value is -8.64. The molecular weight excluding hydrogens is 865 g/mol. The van der Waals surface area contributed by atoms with Gasteiger partial charge in [-0.3, -0.25) is 0 Å². The minimum absolute atomic E-state index is 0.0248. The molecule has 2 heterocycles. The number of phenolic OH excluding ortho intramolecular Hbond substituents is 10. The fraction of sp³-hybridized carbons (Fsp3) is 0.143. The molecule has 4 aliphatic rings. The lowest BCUT2D eigenvalue weighted by molar-refractivity contribution is 0.221. The molecule has 338 valence electrons. The molecule has 0 radical (unpaired) electrons. The van der Waals surface area contributed by atoms with E-state index in [4.69, 9.17) is 9.47 Å². The summed E-state index contributed by atoms with van der Waals surface area (Å²) in [5, 5.41) is 111. The van der Waals surface area contributed by atoms with Crippen molar-refractivity contribution in [1.29, 1.82) is 0 Å². The highest BCUT2D eigenvalue weighted by molar-refractivity contribution is 5.75. The van der Waals surface area contributed by atoms with Gasteiger partial charge in [-0.1, -0.05) is 48.5 Å². The molecule has 0 saturated carbocycles. The Morgan fingerprint density at radius 3 is 0.853 bits per heavy atom. The van der Waals surface area contributed by atoms with Crippen LogP contribution in [0.2, 0.25) is 0 Å². The van der Waals surface area contributed by atoms with Gasteiger partial charge in [-0.2, -0.15) is 0 Å². The van der Waals surface area contributed by atoms with E-state index in [0.29, 0.717) is 67.1 Å². The van der Waals surface area contributed by atoms with Gasteiger partial charge in [-0.15, -0.1) is 0 Å².